The van der Waals surface area contributed by atoms with Crippen LogP contribution in [0.25, 0.3) is 6.08 Å². The van der Waals surface area contributed by atoms with Gasteiger partial charge in [0.2, 0.25) is 15.9 Å². The number of hydrogen-bond acceptors (Lipinski definition) is 6. The normalized spacial score (nSPS) is 20.1. The number of pyridine rings is 1. The van der Waals surface area contributed by atoms with Crippen molar-refractivity contribution in [3.63, 3.8) is 0 Å². The number of aliphatic hydroxyl groups excluding tert-OH is 1. The number of carbonyl (C=O) groups excluding carboxylic acids is 1. The van der Waals surface area contributed by atoms with Crippen LogP contribution in [-0.2, 0) is 10.0 Å². The largest absolute Gasteiger partial charge is 0.472 e. The van der Waals surface area contributed by atoms with Crippen molar-refractivity contribution < 1.29 is 27.4 Å². The van der Waals surface area contributed by atoms with E-state index in [4.69, 9.17) is 4.74 Å². The van der Waals surface area contributed by atoms with Crippen LogP contribution in [0.15, 0.2) is 47.5 Å². The quantitative estimate of drug-likeness (QED) is 0.639. The Morgan fingerprint density at radius 2 is 2.03 bits per heavy atom. The molecule has 0 saturated carbocycles. The Balaban J connectivity index is 1.97. The lowest BCUT2D eigenvalue weighted by Crippen LogP contribution is -2.50. The molecule has 0 aliphatic carbocycles. The average molecular weight is 492 g/mol. The number of halogens is 1. The van der Waals surface area contributed by atoms with E-state index in [1.54, 1.807) is 24.1 Å². The molecule has 3 atom stereocenters. The van der Waals surface area contributed by atoms with Crippen LogP contribution in [0.3, 0.4) is 0 Å². The van der Waals surface area contributed by atoms with E-state index < -0.39 is 28.0 Å². The molecule has 1 amide bonds. The van der Waals surface area contributed by atoms with Crippen molar-refractivity contribution in [2.75, 3.05) is 26.7 Å². The van der Waals surface area contributed by atoms with Gasteiger partial charge in [-0.15, -0.1) is 0 Å². The van der Waals surface area contributed by atoms with Gasteiger partial charge in [0, 0.05) is 25.7 Å². The number of likely N-dealkylation sites (N-methyl/N-ethyl adjacent to an activating group) is 1. The van der Waals surface area contributed by atoms with Crippen LogP contribution in [0, 0.1) is 11.7 Å². The third-order valence-corrected chi connectivity index (χ3v) is 7.70. The van der Waals surface area contributed by atoms with Gasteiger partial charge in [-0.25, -0.2) is 17.8 Å². The summed E-state index contributed by atoms with van der Waals surface area (Å²) in [7, 11) is -2.47. The van der Waals surface area contributed by atoms with Crippen molar-refractivity contribution in [2.24, 2.45) is 5.92 Å². The molecule has 34 heavy (non-hydrogen) atoms. The zero-order valence-corrected chi connectivity index (χ0v) is 20.5. The maximum Gasteiger partial charge on any atom is 0.259 e. The van der Waals surface area contributed by atoms with E-state index in [2.05, 4.69) is 4.98 Å². The Morgan fingerprint density at radius 3 is 2.65 bits per heavy atom. The van der Waals surface area contributed by atoms with Gasteiger partial charge in [-0.3, -0.25) is 4.79 Å². The van der Waals surface area contributed by atoms with Gasteiger partial charge in [0.1, 0.15) is 17.5 Å². The Labute approximate surface area is 199 Å². The first-order valence-corrected chi connectivity index (χ1v) is 12.5. The van der Waals surface area contributed by atoms with Crippen molar-refractivity contribution in [1.29, 1.82) is 0 Å². The van der Waals surface area contributed by atoms with Gasteiger partial charge in [-0.2, -0.15) is 4.31 Å². The number of rotatable bonds is 7. The lowest BCUT2D eigenvalue weighted by atomic mass is 10.00. The number of hydrogen-bond donors (Lipinski definition) is 1. The second-order valence-corrected chi connectivity index (χ2v) is 10.5. The van der Waals surface area contributed by atoms with Crippen LogP contribution >= 0.6 is 0 Å². The van der Waals surface area contributed by atoms with Gasteiger partial charge < -0.3 is 14.7 Å². The molecular formula is C24H30FN3O5S. The van der Waals surface area contributed by atoms with Gasteiger partial charge in [-0.05, 0) is 49.7 Å². The number of carbonyl (C=O) groups is 1. The summed E-state index contributed by atoms with van der Waals surface area (Å²) in [4.78, 5) is 19.2. The molecule has 10 heteroatoms. The number of benzene rings is 1. The molecule has 8 nitrogen and oxygen atoms in total. The first-order chi connectivity index (χ1) is 16.1. The topological polar surface area (TPSA) is 100 Å². The number of allylic oxidation sites excluding steroid dienone is 1. The zero-order valence-electron chi connectivity index (χ0n) is 19.7. The minimum atomic E-state index is -3.90. The Bertz CT molecular complexity index is 1150. The van der Waals surface area contributed by atoms with Crippen molar-refractivity contribution in [1.82, 2.24) is 14.2 Å². The third-order valence-electron chi connectivity index (χ3n) is 5.86. The highest BCUT2D eigenvalue weighted by atomic mass is 32.2. The lowest BCUT2D eigenvalue weighted by Gasteiger charge is -2.37. The molecule has 2 heterocycles. The first kappa shape index (κ1) is 25.8. The second kappa shape index (κ2) is 10.6. The molecule has 1 aromatic heterocycles. The molecule has 1 aliphatic heterocycles. The summed E-state index contributed by atoms with van der Waals surface area (Å²) in [5.41, 5.74) is 0.966. The molecule has 0 radical (unpaired) electrons. The maximum atomic E-state index is 13.3. The molecule has 0 bridgehead atoms. The smallest absolute Gasteiger partial charge is 0.259 e. The summed E-state index contributed by atoms with van der Waals surface area (Å²) in [5, 5.41) is 9.74. The van der Waals surface area contributed by atoms with Crippen LogP contribution < -0.4 is 4.74 Å². The van der Waals surface area contributed by atoms with E-state index in [0.29, 0.717) is 0 Å². The van der Waals surface area contributed by atoms with E-state index in [-0.39, 0.29) is 47.9 Å². The van der Waals surface area contributed by atoms with Crippen molar-refractivity contribution >= 4 is 22.0 Å². The number of aromatic nitrogens is 1. The van der Waals surface area contributed by atoms with Gasteiger partial charge in [-0.1, -0.05) is 19.1 Å². The van der Waals surface area contributed by atoms with Gasteiger partial charge in [0.05, 0.1) is 24.1 Å². The average Bonchev–Trinajstić information content (AvgIpc) is 2.81. The van der Waals surface area contributed by atoms with Crippen LogP contribution in [-0.4, -0.2) is 72.5 Å². The molecule has 2 aromatic rings. The maximum absolute atomic E-state index is 13.3. The van der Waals surface area contributed by atoms with Crippen LogP contribution in [0.2, 0.25) is 0 Å². The Hall–Kier alpha value is -2.82. The standard InChI is InChI=1S/C24H30FN3O5S/c1-5-6-18-11-21-23(26-12-18)33-22(16(2)13-28(24(21)30)17(3)15-29)14-27(4)34(31,32)20-9-7-19(25)8-10-20/h5-12,16-17,22,29H,13-15H2,1-4H3/t16-,17+,22+/m1/s1. The predicted molar refractivity (Wildman–Crippen MR) is 126 cm³/mol. The minimum Gasteiger partial charge on any atom is -0.472 e. The molecule has 1 aromatic carbocycles. The predicted octanol–water partition coefficient (Wildman–Crippen LogP) is 2.79. The fourth-order valence-corrected chi connectivity index (χ4v) is 4.94. The Kier molecular flexibility index (Phi) is 8.06. The molecule has 1 N–H and O–H groups in total. The second-order valence-electron chi connectivity index (χ2n) is 8.48. The highest BCUT2D eigenvalue weighted by Gasteiger charge is 2.35. The summed E-state index contributed by atoms with van der Waals surface area (Å²) in [5.74, 6) is -1.01. The van der Waals surface area contributed by atoms with E-state index >= 15 is 0 Å². The number of aliphatic hydroxyl groups is 1. The third kappa shape index (κ3) is 5.45. The highest BCUT2D eigenvalue weighted by Crippen LogP contribution is 2.28. The lowest BCUT2D eigenvalue weighted by molar-refractivity contribution is 0.0373. The first-order valence-electron chi connectivity index (χ1n) is 11.0. The number of fused-ring (bicyclic) bond motifs is 1. The zero-order chi connectivity index (χ0) is 25.0. The molecule has 184 valence electrons. The van der Waals surface area contributed by atoms with Crippen LogP contribution in [0.5, 0.6) is 5.88 Å². The van der Waals surface area contributed by atoms with Gasteiger partial charge in [0.15, 0.2) is 0 Å². The summed E-state index contributed by atoms with van der Waals surface area (Å²) in [6, 6.07) is 5.84. The van der Waals surface area contributed by atoms with E-state index in [9.17, 15) is 22.7 Å². The summed E-state index contributed by atoms with van der Waals surface area (Å²) < 4.78 is 46.6. The summed E-state index contributed by atoms with van der Waals surface area (Å²) in [6.45, 7) is 5.46. The minimum absolute atomic E-state index is 0.0197. The van der Waals surface area contributed by atoms with E-state index in [0.717, 1.165) is 22.0 Å². The SMILES string of the molecule is CC=Cc1cnc2c(c1)C(=O)N([C@@H](C)CO)C[C@@H](C)[C@H](CN(C)S(=O)(=O)c1ccc(F)cc1)O2. The summed E-state index contributed by atoms with van der Waals surface area (Å²) >= 11 is 0. The Morgan fingerprint density at radius 1 is 1.35 bits per heavy atom. The number of sulfonamides is 1. The molecule has 1 aliphatic rings. The monoisotopic (exact) mass is 491 g/mol. The molecule has 0 spiro atoms. The molecule has 0 fully saturated rings. The fraction of sp³-hybridized carbons (Fsp3) is 0.417. The van der Waals surface area contributed by atoms with Crippen LogP contribution in [0.1, 0.15) is 36.7 Å². The molecule has 0 unspecified atom stereocenters. The molecular weight excluding hydrogens is 461 g/mol. The van der Waals surface area contributed by atoms with Gasteiger partial charge >= 0.3 is 0 Å². The molecule has 3 rings (SSSR count). The van der Waals surface area contributed by atoms with E-state index in [1.807, 2.05) is 26.0 Å². The number of nitrogens with zero attached hydrogens (tertiary/aromatic N) is 3. The number of ether oxygens (including phenoxy) is 1. The van der Waals surface area contributed by atoms with E-state index in [1.165, 1.54) is 19.2 Å². The van der Waals surface area contributed by atoms with Gasteiger partial charge in [0.25, 0.3) is 5.91 Å². The van der Waals surface area contributed by atoms with Crippen molar-refractivity contribution in [2.45, 2.75) is 37.8 Å². The fourth-order valence-electron chi connectivity index (χ4n) is 3.76. The number of amides is 1. The van der Waals surface area contributed by atoms with Crippen LogP contribution in [0.4, 0.5) is 4.39 Å². The van der Waals surface area contributed by atoms with Crippen molar-refractivity contribution in [3.8, 4) is 5.88 Å². The highest BCUT2D eigenvalue weighted by molar-refractivity contribution is 7.89. The van der Waals surface area contributed by atoms with Crippen molar-refractivity contribution in [3.05, 3.63) is 59.5 Å². The molecule has 0 saturated heterocycles. The summed E-state index contributed by atoms with van der Waals surface area (Å²) in [6.07, 6.45) is 4.57.